The summed E-state index contributed by atoms with van der Waals surface area (Å²) in [7, 11) is 0. The van der Waals surface area contributed by atoms with Crippen molar-refractivity contribution in [2.24, 2.45) is 0 Å². The van der Waals surface area contributed by atoms with E-state index in [0.29, 0.717) is 17.9 Å². The molecule has 0 aliphatic carbocycles. The molecule has 2 aromatic heterocycles. The van der Waals surface area contributed by atoms with E-state index in [0.717, 1.165) is 28.9 Å². The Morgan fingerprint density at radius 2 is 1.88 bits per heavy atom. The number of hydrogen-bond acceptors (Lipinski definition) is 6. The molecule has 2 N–H and O–H groups in total. The van der Waals surface area contributed by atoms with E-state index in [1.54, 1.807) is 35.3 Å². The summed E-state index contributed by atoms with van der Waals surface area (Å²) in [5.74, 6) is 0.258. The number of carbonyl (C=O) groups is 1. The molecule has 1 atom stereocenters. The second-order valence-electron chi connectivity index (χ2n) is 7.55. The van der Waals surface area contributed by atoms with Gasteiger partial charge >= 0.3 is 0 Å². The predicted octanol–water partition coefficient (Wildman–Crippen LogP) is 3.35. The second-order valence-corrected chi connectivity index (χ2v) is 7.55. The SMILES string of the molecule is Cc1cn(-c2ccc(NC(=O)[C@H](NCCc3ccc(C#N)cc3)c3ccccc3)nc2)nn1. The highest BCUT2D eigenvalue weighted by Gasteiger charge is 2.20. The van der Waals surface area contributed by atoms with E-state index >= 15 is 0 Å². The number of benzene rings is 2. The molecule has 0 radical (unpaired) electrons. The summed E-state index contributed by atoms with van der Waals surface area (Å²) in [5.41, 5.74) is 4.16. The molecule has 0 saturated heterocycles. The summed E-state index contributed by atoms with van der Waals surface area (Å²) in [6.45, 7) is 2.46. The quantitative estimate of drug-likeness (QED) is 0.438. The lowest BCUT2D eigenvalue weighted by atomic mass is 10.1. The third-order valence-corrected chi connectivity index (χ3v) is 5.11. The van der Waals surface area contributed by atoms with Crippen LogP contribution in [0, 0.1) is 18.3 Å². The first-order valence-electron chi connectivity index (χ1n) is 10.6. The molecule has 4 rings (SSSR count). The zero-order valence-corrected chi connectivity index (χ0v) is 18.1. The van der Waals surface area contributed by atoms with Crippen LogP contribution in [0.4, 0.5) is 5.82 Å². The summed E-state index contributed by atoms with van der Waals surface area (Å²) < 4.78 is 1.63. The number of aryl methyl sites for hydroxylation is 1. The van der Waals surface area contributed by atoms with E-state index in [-0.39, 0.29) is 5.91 Å². The van der Waals surface area contributed by atoms with Crippen LogP contribution in [0.15, 0.2) is 79.1 Å². The van der Waals surface area contributed by atoms with E-state index in [1.807, 2.05) is 55.5 Å². The van der Waals surface area contributed by atoms with Crippen molar-refractivity contribution in [3.8, 4) is 11.8 Å². The fraction of sp³-hybridized carbons (Fsp3) is 0.160. The predicted molar refractivity (Wildman–Crippen MR) is 125 cm³/mol. The third kappa shape index (κ3) is 5.67. The normalized spacial score (nSPS) is 11.5. The van der Waals surface area contributed by atoms with E-state index in [9.17, 15) is 4.79 Å². The molecule has 2 heterocycles. The van der Waals surface area contributed by atoms with E-state index < -0.39 is 6.04 Å². The minimum Gasteiger partial charge on any atom is -0.309 e. The Labute approximate surface area is 191 Å². The number of nitrogens with zero attached hydrogens (tertiary/aromatic N) is 5. The molecule has 0 aliphatic heterocycles. The smallest absolute Gasteiger partial charge is 0.247 e. The standard InChI is InChI=1S/C25H23N7O/c1-18-17-32(31-30-18)22-11-12-23(28-16-22)29-25(33)24(21-5-3-2-4-6-21)27-14-13-19-7-9-20(15-26)10-8-19/h2-12,16-17,24,27H,13-14H2,1H3,(H,28,29,33)/t24-/m1/s1. The minimum absolute atomic E-state index is 0.196. The summed E-state index contributed by atoms with van der Waals surface area (Å²) >= 11 is 0. The van der Waals surface area contributed by atoms with Crippen molar-refractivity contribution < 1.29 is 4.79 Å². The van der Waals surface area contributed by atoms with Crippen LogP contribution in [0.3, 0.4) is 0 Å². The Balaban J connectivity index is 1.42. The lowest BCUT2D eigenvalue weighted by Crippen LogP contribution is -2.34. The second kappa shape index (κ2) is 10.3. The number of aromatic nitrogens is 4. The molecule has 8 heteroatoms. The fourth-order valence-corrected chi connectivity index (χ4v) is 3.38. The molecule has 8 nitrogen and oxygen atoms in total. The van der Waals surface area contributed by atoms with Crippen molar-refractivity contribution in [3.63, 3.8) is 0 Å². The number of amides is 1. The van der Waals surface area contributed by atoms with Gasteiger partial charge in [0.05, 0.1) is 35.4 Å². The van der Waals surface area contributed by atoms with Crippen LogP contribution in [0.2, 0.25) is 0 Å². The maximum absolute atomic E-state index is 13.1. The molecule has 0 fully saturated rings. The summed E-state index contributed by atoms with van der Waals surface area (Å²) in [5, 5.41) is 23.2. The molecule has 33 heavy (non-hydrogen) atoms. The van der Waals surface area contributed by atoms with Gasteiger partial charge in [0.25, 0.3) is 0 Å². The molecule has 0 spiro atoms. The zero-order chi connectivity index (χ0) is 23.0. The molecule has 4 aromatic rings. The van der Waals surface area contributed by atoms with Crippen molar-refractivity contribution in [1.29, 1.82) is 5.26 Å². The molecular weight excluding hydrogens is 414 g/mol. The first-order chi connectivity index (χ1) is 16.1. The lowest BCUT2D eigenvalue weighted by molar-refractivity contribution is -0.118. The van der Waals surface area contributed by atoms with Gasteiger partial charge in [0, 0.05) is 6.54 Å². The average molecular weight is 438 g/mol. The Bertz CT molecular complexity index is 1240. The van der Waals surface area contributed by atoms with E-state index in [1.165, 1.54) is 0 Å². The number of nitriles is 1. The number of nitrogens with one attached hydrogen (secondary N) is 2. The molecule has 164 valence electrons. The Kier molecular flexibility index (Phi) is 6.83. The molecular formula is C25H23N7O. The Morgan fingerprint density at radius 1 is 1.09 bits per heavy atom. The molecule has 0 saturated carbocycles. The summed E-state index contributed by atoms with van der Waals surface area (Å²) in [6.07, 6.45) is 4.17. The Hall–Kier alpha value is -4.35. The van der Waals surface area contributed by atoms with Crippen molar-refractivity contribution in [1.82, 2.24) is 25.3 Å². The fourth-order valence-electron chi connectivity index (χ4n) is 3.38. The number of hydrogen-bond donors (Lipinski definition) is 2. The van der Waals surface area contributed by atoms with Gasteiger partial charge in [-0.15, -0.1) is 5.10 Å². The third-order valence-electron chi connectivity index (χ3n) is 5.11. The van der Waals surface area contributed by atoms with Crippen molar-refractivity contribution in [2.45, 2.75) is 19.4 Å². The van der Waals surface area contributed by atoms with Crippen LogP contribution >= 0.6 is 0 Å². The van der Waals surface area contributed by atoms with Gasteiger partial charge in [-0.05, 0) is 48.7 Å². The molecule has 2 aromatic carbocycles. The van der Waals surface area contributed by atoms with Gasteiger partial charge in [0.2, 0.25) is 5.91 Å². The lowest BCUT2D eigenvalue weighted by Gasteiger charge is -2.19. The number of carbonyl (C=O) groups excluding carboxylic acids is 1. The summed E-state index contributed by atoms with van der Waals surface area (Å²) in [6, 6.07) is 22.2. The van der Waals surface area contributed by atoms with Crippen molar-refractivity contribution in [3.05, 3.63) is 102 Å². The largest absolute Gasteiger partial charge is 0.309 e. The maximum Gasteiger partial charge on any atom is 0.247 e. The van der Waals surface area contributed by atoms with Crippen LogP contribution in [0.25, 0.3) is 5.69 Å². The van der Waals surface area contributed by atoms with Gasteiger partial charge in [-0.25, -0.2) is 9.67 Å². The number of pyridine rings is 1. The van der Waals surface area contributed by atoms with Gasteiger partial charge in [0.15, 0.2) is 0 Å². The van der Waals surface area contributed by atoms with Crippen molar-refractivity contribution >= 4 is 11.7 Å². The van der Waals surface area contributed by atoms with Gasteiger partial charge < -0.3 is 10.6 Å². The molecule has 0 aliphatic rings. The van der Waals surface area contributed by atoms with Crippen LogP contribution < -0.4 is 10.6 Å². The molecule has 0 unspecified atom stereocenters. The summed E-state index contributed by atoms with van der Waals surface area (Å²) in [4.78, 5) is 17.5. The highest BCUT2D eigenvalue weighted by molar-refractivity contribution is 5.94. The first kappa shape index (κ1) is 21.9. The molecule has 1 amide bonds. The first-order valence-corrected chi connectivity index (χ1v) is 10.6. The highest BCUT2D eigenvalue weighted by atomic mass is 16.2. The van der Waals surface area contributed by atoms with Crippen LogP contribution in [-0.2, 0) is 11.2 Å². The van der Waals surface area contributed by atoms with E-state index in [4.69, 9.17) is 5.26 Å². The van der Waals surface area contributed by atoms with Crippen LogP contribution in [-0.4, -0.2) is 32.4 Å². The molecule has 0 bridgehead atoms. The highest BCUT2D eigenvalue weighted by Crippen LogP contribution is 2.16. The van der Waals surface area contributed by atoms with Crippen LogP contribution in [0.5, 0.6) is 0 Å². The van der Waals surface area contributed by atoms with Crippen molar-refractivity contribution in [2.75, 3.05) is 11.9 Å². The van der Waals surface area contributed by atoms with E-state index in [2.05, 4.69) is 32.0 Å². The van der Waals surface area contributed by atoms with Gasteiger partial charge in [0.1, 0.15) is 11.9 Å². The maximum atomic E-state index is 13.1. The topological polar surface area (TPSA) is 109 Å². The minimum atomic E-state index is -0.538. The number of anilines is 1. The zero-order valence-electron chi connectivity index (χ0n) is 18.1. The van der Waals surface area contributed by atoms with Gasteiger partial charge in [-0.1, -0.05) is 47.7 Å². The monoisotopic (exact) mass is 437 g/mol. The van der Waals surface area contributed by atoms with Gasteiger partial charge in [-0.3, -0.25) is 4.79 Å². The number of rotatable bonds is 8. The van der Waals surface area contributed by atoms with Crippen LogP contribution in [0.1, 0.15) is 28.4 Å². The Morgan fingerprint density at radius 3 is 2.52 bits per heavy atom. The van der Waals surface area contributed by atoms with Gasteiger partial charge in [-0.2, -0.15) is 5.26 Å². The average Bonchev–Trinajstić information content (AvgIpc) is 3.29.